The zero-order chi connectivity index (χ0) is 24.5. The maximum absolute atomic E-state index is 13.9. The molecule has 1 atom stereocenters. The summed E-state index contributed by atoms with van der Waals surface area (Å²) in [4.78, 5) is 31.5. The average molecular weight is 462 g/mol. The maximum Gasteiger partial charge on any atom is 0.264 e. The molecule has 3 heterocycles. The number of nitrogens with zero attached hydrogens (tertiary/aromatic N) is 4. The number of para-hydroxylation sites is 1. The lowest BCUT2D eigenvalue weighted by Crippen LogP contribution is -2.32. The van der Waals surface area contributed by atoms with E-state index in [1.54, 1.807) is 41.4 Å². The van der Waals surface area contributed by atoms with Crippen molar-refractivity contribution < 1.29 is 4.79 Å². The van der Waals surface area contributed by atoms with Crippen molar-refractivity contribution in [1.82, 2.24) is 24.5 Å². The number of aryl methyl sites for hydroxylation is 1. The van der Waals surface area contributed by atoms with Gasteiger partial charge in [-0.15, -0.1) is 5.92 Å². The highest BCUT2D eigenvalue weighted by atomic mass is 16.2. The largest absolute Gasteiger partial charge is 0.344 e. The number of amides is 1. The van der Waals surface area contributed by atoms with E-state index in [-0.39, 0.29) is 11.5 Å². The predicted octanol–water partition coefficient (Wildman–Crippen LogP) is 4.20. The van der Waals surface area contributed by atoms with Crippen LogP contribution in [0.4, 0.5) is 0 Å². The van der Waals surface area contributed by atoms with E-state index in [1.807, 2.05) is 61.5 Å². The van der Waals surface area contributed by atoms with Crippen LogP contribution >= 0.6 is 0 Å². The number of hydrogen-bond donors (Lipinski definition) is 1. The molecular weight excluding hydrogens is 438 g/mol. The summed E-state index contributed by atoms with van der Waals surface area (Å²) in [7, 11) is 0. The number of pyridine rings is 1. The van der Waals surface area contributed by atoms with Gasteiger partial charge in [0.15, 0.2) is 5.65 Å². The molecule has 0 aliphatic carbocycles. The number of rotatable bonds is 4. The second-order valence-corrected chi connectivity index (χ2v) is 8.23. The molecule has 3 aromatic heterocycles. The minimum absolute atomic E-state index is 0.183. The maximum atomic E-state index is 13.9. The van der Waals surface area contributed by atoms with Gasteiger partial charge in [-0.2, -0.15) is 5.10 Å². The van der Waals surface area contributed by atoms with Gasteiger partial charge in [0.1, 0.15) is 5.56 Å². The van der Waals surface area contributed by atoms with Gasteiger partial charge in [-0.1, -0.05) is 36.3 Å². The van der Waals surface area contributed by atoms with Crippen molar-refractivity contribution in [2.45, 2.75) is 26.8 Å². The number of aromatic nitrogens is 4. The van der Waals surface area contributed by atoms with Gasteiger partial charge in [0.05, 0.1) is 17.1 Å². The topological polar surface area (TPSA) is 81.3 Å². The molecule has 0 bridgehead atoms. The third-order valence-corrected chi connectivity index (χ3v) is 5.94. The molecule has 0 aliphatic rings. The lowest BCUT2D eigenvalue weighted by molar-refractivity contribution is 0.0939. The number of benzene rings is 2. The summed E-state index contributed by atoms with van der Waals surface area (Å²) < 4.78 is 3.23. The molecule has 1 unspecified atom stereocenters. The molecule has 35 heavy (non-hydrogen) atoms. The highest BCUT2D eigenvalue weighted by molar-refractivity contribution is 6.01. The van der Waals surface area contributed by atoms with Crippen molar-refractivity contribution in [3.8, 4) is 17.5 Å². The van der Waals surface area contributed by atoms with Gasteiger partial charge in [0.2, 0.25) is 0 Å². The fourth-order valence-electron chi connectivity index (χ4n) is 4.39. The van der Waals surface area contributed by atoms with E-state index in [0.29, 0.717) is 39.2 Å². The van der Waals surface area contributed by atoms with Crippen LogP contribution in [0.2, 0.25) is 0 Å². The molecular formula is C28H23N5O2. The molecule has 0 aliphatic heterocycles. The number of carbonyl (C=O) groups excluding carboxylic acids is 1. The van der Waals surface area contributed by atoms with Crippen molar-refractivity contribution in [1.29, 1.82) is 0 Å². The van der Waals surface area contributed by atoms with E-state index in [4.69, 9.17) is 0 Å². The van der Waals surface area contributed by atoms with Crippen molar-refractivity contribution in [2.75, 3.05) is 0 Å². The molecule has 5 rings (SSSR count). The Labute approximate surface area is 202 Å². The fraction of sp³-hybridized carbons (Fsp3) is 0.143. The van der Waals surface area contributed by atoms with Gasteiger partial charge in [-0.05, 0) is 56.5 Å². The molecule has 0 radical (unpaired) electrons. The van der Waals surface area contributed by atoms with Crippen molar-refractivity contribution in [2.24, 2.45) is 0 Å². The smallest absolute Gasteiger partial charge is 0.264 e. The van der Waals surface area contributed by atoms with Gasteiger partial charge in [0, 0.05) is 29.3 Å². The van der Waals surface area contributed by atoms with E-state index in [0.717, 1.165) is 5.39 Å². The fourth-order valence-corrected chi connectivity index (χ4v) is 4.39. The number of carbonyl (C=O) groups is 1. The minimum Gasteiger partial charge on any atom is -0.344 e. The van der Waals surface area contributed by atoms with Crippen LogP contribution in [0.1, 0.15) is 47.2 Å². The molecule has 1 N–H and O–H groups in total. The first-order valence-electron chi connectivity index (χ1n) is 11.3. The van der Waals surface area contributed by atoms with Crippen LogP contribution < -0.4 is 10.9 Å². The Kier molecular flexibility index (Phi) is 5.63. The summed E-state index contributed by atoms with van der Waals surface area (Å²) in [5, 5.41) is 8.76. The van der Waals surface area contributed by atoms with Gasteiger partial charge >= 0.3 is 0 Å². The van der Waals surface area contributed by atoms with Crippen LogP contribution in [0.25, 0.3) is 22.1 Å². The normalized spacial score (nSPS) is 11.7. The third kappa shape index (κ3) is 3.85. The van der Waals surface area contributed by atoms with E-state index < -0.39 is 6.04 Å². The summed E-state index contributed by atoms with van der Waals surface area (Å²) in [5.74, 6) is 5.63. The standard InChI is InChI=1S/C28H23N5O2/c1-4-10-20-11-8-12-21-17-23(33(28(35)25(20)21)22-13-6-5-7-14-22)18(2)30-27(34)24-19(3)31-32-16-9-15-29-26(24)32/h5-9,11-18H,1-3H3,(H,30,34). The zero-order valence-electron chi connectivity index (χ0n) is 19.6. The summed E-state index contributed by atoms with van der Waals surface area (Å²) in [6.45, 7) is 5.39. The Morgan fingerprint density at radius 2 is 1.89 bits per heavy atom. The molecule has 1 amide bonds. The highest BCUT2D eigenvalue weighted by Gasteiger charge is 2.23. The van der Waals surface area contributed by atoms with E-state index in [9.17, 15) is 9.59 Å². The molecule has 2 aromatic carbocycles. The van der Waals surface area contributed by atoms with E-state index in [1.165, 1.54) is 0 Å². The predicted molar refractivity (Wildman–Crippen MR) is 136 cm³/mol. The Bertz CT molecular complexity index is 1700. The van der Waals surface area contributed by atoms with Crippen LogP contribution in [0.5, 0.6) is 0 Å². The summed E-state index contributed by atoms with van der Waals surface area (Å²) in [6, 6.07) is 18.2. The first-order valence-corrected chi connectivity index (χ1v) is 11.3. The Morgan fingerprint density at radius 3 is 2.66 bits per heavy atom. The molecule has 172 valence electrons. The van der Waals surface area contributed by atoms with Crippen LogP contribution in [0.15, 0.2) is 77.9 Å². The molecule has 0 fully saturated rings. The molecule has 0 spiro atoms. The minimum atomic E-state index is -0.487. The summed E-state index contributed by atoms with van der Waals surface area (Å²) in [5.41, 5.74) is 3.33. The zero-order valence-corrected chi connectivity index (χ0v) is 19.6. The van der Waals surface area contributed by atoms with Crippen molar-refractivity contribution >= 4 is 22.3 Å². The lowest BCUT2D eigenvalue weighted by atomic mass is 10.0. The molecule has 5 aromatic rings. The van der Waals surface area contributed by atoms with E-state index in [2.05, 4.69) is 27.2 Å². The second kappa shape index (κ2) is 8.92. The Balaban J connectivity index is 1.66. The van der Waals surface area contributed by atoms with E-state index >= 15 is 0 Å². The molecule has 7 heteroatoms. The van der Waals surface area contributed by atoms with Crippen molar-refractivity contribution in [3.05, 3.63) is 106 Å². The first kappa shape index (κ1) is 22.1. The number of nitrogens with one attached hydrogen (secondary N) is 1. The average Bonchev–Trinajstić information content (AvgIpc) is 3.20. The number of fused-ring (bicyclic) bond motifs is 2. The van der Waals surface area contributed by atoms with Crippen molar-refractivity contribution in [3.63, 3.8) is 0 Å². The van der Waals surface area contributed by atoms with Crippen LogP contribution in [-0.4, -0.2) is 25.1 Å². The SMILES string of the molecule is CC#Cc1cccc2cc(C(C)NC(=O)c3c(C)nn4cccnc34)n(-c3ccccc3)c(=O)c12. The summed E-state index contributed by atoms with van der Waals surface area (Å²) >= 11 is 0. The molecule has 0 saturated heterocycles. The second-order valence-electron chi connectivity index (χ2n) is 8.23. The molecule has 7 nitrogen and oxygen atoms in total. The molecule has 0 saturated carbocycles. The van der Waals surface area contributed by atoms with Crippen LogP contribution in [0, 0.1) is 18.8 Å². The first-order chi connectivity index (χ1) is 17.0. The van der Waals surface area contributed by atoms with Crippen LogP contribution in [0.3, 0.4) is 0 Å². The number of hydrogen-bond acceptors (Lipinski definition) is 4. The van der Waals surface area contributed by atoms with Crippen LogP contribution in [-0.2, 0) is 0 Å². The van der Waals surface area contributed by atoms with Gasteiger partial charge in [-0.25, -0.2) is 9.50 Å². The Morgan fingerprint density at radius 1 is 1.09 bits per heavy atom. The quantitative estimate of drug-likeness (QED) is 0.407. The van der Waals surface area contributed by atoms with Gasteiger partial charge in [0.25, 0.3) is 11.5 Å². The van der Waals surface area contributed by atoms with Gasteiger partial charge in [-0.3, -0.25) is 14.2 Å². The monoisotopic (exact) mass is 461 g/mol. The highest BCUT2D eigenvalue weighted by Crippen LogP contribution is 2.24. The Hall–Kier alpha value is -4.70. The third-order valence-electron chi connectivity index (χ3n) is 5.94. The lowest BCUT2D eigenvalue weighted by Gasteiger charge is -2.21. The summed E-state index contributed by atoms with van der Waals surface area (Å²) in [6.07, 6.45) is 3.38. The van der Waals surface area contributed by atoms with Gasteiger partial charge < -0.3 is 5.32 Å².